The summed E-state index contributed by atoms with van der Waals surface area (Å²) in [5, 5.41) is 12.1. The molecule has 0 saturated carbocycles. The smallest absolute Gasteiger partial charge is 0.300 e. The van der Waals surface area contributed by atoms with Crippen molar-refractivity contribution in [3.05, 3.63) is 98.5 Å². The van der Waals surface area contributed by atoms with Crippen molar-refractivity contribution in [3.8, 4) is 5.75 Å². The highest BCUT2D eigenvalue weighted by Crippen LogP contribution is 2.45. The number of carbonyl (C=O) groups is 2. The monoisotopic (exact) mass is 523 g/mol. The van der Waals surface area contributed by atoms with Crippen LogP contribution in [0.15, 0.2) is 66.2 Å². The molecule has 5 nitrogen and oxygen atoms in total. The Morgan fingerprint density at radius 3 is 2.25 bits per heavy atom. The summed E-state index contributed by atoms with van der Waals surface area (Å²) in [4.78, 5) is 28.3. The quantitative estimate of drug-likeness (QED) is 0.222. The molecule has 186 valence electrons. The summed E-state index contributed by atoms with van der Waals surface area (Å²) < 4.78 is 5.28. The van der Waals surface area contributed by atoms with Gasteiger partial charge in [0.25, 0.3) is 11.7 Å². The molecule has 1 heterocycles. The third-order valence-corrected chi connectivity index (χ3v) is 6.96. The van der Waals surface area contributed by atoms with Gasteiger partial charge in [-0.1, -0.05) is 74.3 Å². The second kappa shape index (κ2) is 9.64. The summed E-state index contributed by atoms with van der Waals surface area (Å²) in [5.74, 6) is -1.49. The molecule has 1 saturated heterocycles. The zero-order valence-electron chi connectivity index (χ0n) is 20.7. The molecule has 1 aliphatic heterocycles. The van der Waals surface area contributed by atoms with Crippen LogP contribution in [-0.2, 0) is 15.0 Å². The van der Waals surface area contributed by atoms with Crippen molar-refractivity contribution < 1.29 is 19.4 Å². The second-order valence-corrected chi connectivity index (χ2v) is 10.7. The topological polar surface area (TPSA) is 66.8 Å². The summed E-state index contributed by atoms with van der Waals surface area (Å²) in [6.07, 6.45) is 0. The van der Waals surface area contributed by atoms with Crippen LogP contribution in [0.3, 0.4) is 0 Å². The number of hydrogen-bond donors (Lipinski definition) is 1. The van der Waals surface area contributed by atoms with Crippen LogP contribution in [0.2, 0.25) is 10.0 Å². The number of hydrogen-bond acceptors (Lipinski definition) is 4. The molecule has 1 N–H and O–H groups in total. The first-order chi connectivity index (χ1) is 16.9. The molecule has 0 bridgehead atoms. The van der Waals surface area contributed by atoms with Crippen molar-refractivity contribution in [2.24, 2.45) is 0 Å². The van der Waals surface area contributed by atoms with Crippen LogP contribution in [0.25, 0.3) is 5.76 Å². The molecule has 1 atom stereocenters. The van der Waals surface area contributed by atoms with Gasteiger partial charge in [0, 0.05) is 16.3 Å². The van der Waals surface area contributed by atoms with E-state index in [9.17, 15) is 14.7 Å². The fourth-order valence-electron chi connectivity index (χ4n) is 4.36. The number of amides is 1. The first-order valence-electron chi connectivity index (χ1n) is 11.5. The van der Waals surface area contributed by atoms with Crippen LogP contribution in [0, 0.1) is 6.92 Å². The lowest BCUT2D eigenvalue weighted by Crippen LogP contribution is -2.30. The first-order valence-corrected chi connectivity index (χ1v) is 12.2. The Labute approximate surface area is 220 Å². The fourth-order valence-corrected chi connectivity index (χ4v) is 4.74. The van der Waals surface area contributed by atoms with E-state index in [0.717, 1.165) is 11.1 Å². The molecule has 1 amide bonds. The molecular weight excluding hydrogens is 497 g/mol. The molecule has 4 rings (SSSR count). The van der Waals surface area contributed by atoms with Gasteiger partial charge in [0.1, 0.15) is 11.5 Å². The fraction of sp³-hybridized carbons (Fsp3) is 0.241. The minimum Gasteiger partial charge on any atom is -0.507 e. The lowest BCUT2D eigenvalue weighted by Gasteiger charge is -2.28. The molecule has 0 spiro atoms. The number of benzene rings is 3. The molecule has 1 fully saturated rings. The minimum atomic E-state index is -0.890. The average Bonchev–Trinajstić information content (AvgIpc) is 3.10. The Morgan fingerprint density at radius 1 is 0.972 bits per heavy atom. The molecule has 0 aromatic heterocycles. The van der Waals surface area contributed by atoms with Gasteiger partial charge >= 0.3 is 0 Å². The molecule has 36 heavy (non-hydrogen) atoms. The van der Waals surface area contributed by atoms with E-state index in [4.69, 9.17) is 27.9 Å². The van der Waals surface area contributed by atoms with E-state index in [1.165, 1.54) is 18.1 Å². The summed E-state index contributed by atoms with van der Waals surface area (Å²) in [6, 6.07) is 16.7. The van der Waals surface area contributed by atoms with Crippen LogP contribution in [-0.4, -0.2) is 23.9 Å². The van der Waals surface area contributed by atoms with Crippen LogP contribution in [0.5, 0.6) is 5.75 Å². The van der Waals surface area contributed by atoms with Gasteiger partial charge in [-0.3, -0.25) is 14.5 Å². The SMILES string of the molecule is COc1ccc(Cl)c(/C(O)=C2\C(=O)C(=O)N(c3cc(Cl)ccc3C)C2c2ccc(C(C)(C)C)cc2)c1. The molecule has 1 unspecified atom stereocenters. The average molecular weight is 524 g/mol. The maximum atomic E-state index is 13.5. The number of ketones is 1. The van der Waals surface area contributed by atoms with Crippen molar-refractivity contribution in [2.75, 3.05) is 12.0 Å². The zero-order chi connectivity index (χ0) is 26.4. The number of aryl methyl sites for hydroxylation is 1. The van der Waals surface area contributed by atoms with E-state index in [2.05, 4.69) is 20.8 Å². The third-order valence-electron chi connectivity index (χ3n) is 6.40. The number of carbonyl (C=O) groups excluding carboxylic acids is 2. The largest absolute Gasteiger partial charge is 0.507 e. The Balaban J connectivity index is 1.99. The van der Waals surface area contributed by atoms with E-state index >= 15 is 0 Å². The minimum absolute atomic E-state index is 0.0574. The maximum Gasteiger partial charge on any atom is 0.300 e. The van der Waals surface area contributed by atoms with Gasteiger partial charge in [0.05, 0.1) is 23.7 Å². The van der Waals surface area contributed by atoms with Crippen molar-refractivity contribution in [2.45, 2.75) is 39.2 Å². The van der Waals surface area contributed by atoms with E-state index < -0.39 is 17.7 Å². The molecule has 7 heteroatoms. The molecule has 1 aliphatic rings. The van der Waals surface area contributed by atoms with Gasteiger partial charge in [0.2, 0.25) is 0 Å². The predicted molar refractivity (Wildman–Crippen MR) is 144 cm³/mol. The van der Waals surface area contributed by atoms with Crippen LogP contribution in [0.1, 0.15) is 49.1 Å². The highest BCUT2D eigenvalue weighted by molar-refractivity contribution is 6.52. The second-order valence-electron chi connectivity index (χ2n) is 9.82. The van der Waals surface area contributed by atoms with E-state index in [0.29, 0.717) is 22.0 Å². The van der Waals surface area contributed by atoms with E-state index in [1.54, 1.807) is 30.3 Å². The van der Waals surface area contributed by atoms with E-state index in [1.807, 2.05) is 31.2 Å². The number of nitrogens with zero attached hydrogens (tertiary/aromatic N) is 1. The number of anilines is 1. The number of halogens is 2. The Morgan fingerprint density at radius 2 is 1.64 bits per heavy atom. The van der Waals surface area contributed by atoms with Gasteiger partial charge in [-0.15, -0.1) is 0 Å². The Kier molecular flexibility index (Phi) is 6.91. The van der Waals surface area contributed by atoms with Gasteiger partial charge < -0.3 is 9.84 Å². The van der Waals surface area contributed by atoms with Crippen molar-refractivity contribution in [3.63, 3.8) is 0 Å². The van der Waals surface area contributed by atoms with Gasteiger partial charge in [0.15, 0.2) is 0 Å². The van der Waals surface area contributed by atoms with Gasteiger partial charge in [-0.2, -0.15) is 0 Å². The first kappa shape index (κ1) is 25.8. The number of ether oxygens (including phenoxy) is 1. The highest BCUT2D eigenvalue weighted by atomic mass is 35.5. The summed E-state index contributed by atoms with van der Waals surface area (Å²) in [6.45, 7) is 8.15. The molecule has 0 radical (unpaired) electrons. The van der Waals surface area contributed by atoms with E-state index in [-0.39, 0.29) is 27.3 Å². The van der Waals surface area contributed by atoms with Crippen LogP contribution < -0.4 is 9.64 Å². The van der Waals surface area contributed by atoms with Gasteiger partial charge in [-0.05, 0) is 59.4 Å². The summed E-state index contributed by atoms with van der Waals surface area (Å²) in [5.41, 5.74) is 3.08. The lowest BCUT2D eigenvalue weighted by molar-refractivity contribution is -0.132. The summed E-state index contributed by atoms with van der Waals surface area (Å²) >= 11 is 12.7. The number of methoxy groups -OCH3 is 1. The van der Waals surface area contributed by atoms with Crippen molar-refractivity contribution in [1.82, 2.24) is 0 Å². The van der Waals surface area contributed by atoms with Crippen molar-refractivity contribution in [1.29, 1.82) is 0 Å². The summed E-state index contributed by atoms with van der Waals surface area (Å²) in [7, 11) is 1.49. The van der Waals surface area contributed by atoms with Crippen LogP contribution >= 0.6 is 23.2 Å². The number of aliphatic hydroxyl groups is 1. The molecule has 3 aromatic carbocycles. The maximum absolute atomic E-state index is 13.5. The van der Waals surface area contributed by atoms with Crippen LogP contribution in [0.4, 0.5) is 5.69 Å². The van der Waals surface area contributed by atoms with Gasteiger partial charge in [-0.25, -0.2) is 0 Å². The zero-order valence-corrected chi connectivity index (χ0v) is 22.2. The number of aliphatic hydroxyl groups excluding tert-OH is 1. The number of Topliss-reactive ketones (excluding diaryl/α,β-unsaturated/α-hetero) is 1. The predicted octanol–water partition coefficient (Wildman–Crippen LogP) is 7.23. The Bertz CT molecular complexity index is 1390. The highest BCUT2D eigenvalue weighted by Gasteiger charge is 2.47. The normalized spacial score (nSPS) is 17.5. The van der Waals surface area contributed by atoms with Crippen molar-refractivity contribution >= 4 is 46.3 Å². The molecular formula is C29H27Cl2NO4. The molecule has 3 aromatic rings. The Hall–Kier alpha value is -3.28. The standard InChI is InChI=1S/C29H27Cl2NO4/c1-16-6-11-19(30)14-23(16)32-25(17-7-9-18(10-8-17)29(2,3)4)24(27(34)28(32)35)26(33)21-15-20(36-5)12-13-22(21)31/h6-15,25,33H,1-5H3/b26-24+. The lowest BCUT2D eigenvalue weighted by atomic mass is 9.85. The number of rotatable bonds is 4. The molecule has 0 aliphatic carbocycles. The third kappa shape index (κ3) is 4.61.